The molecule has 0 radical (unpaired) electrons. The molecule has 0 spiro atoms. The van der Waals surface area contributed by atoms with Gasteiger partial charge in [-0.1, -0.05) is 26.7 Å². The molecule has 2 aromatic rings. The van der Waals surface area contributed by atoms with Crippen LogP contribution in [0.2, 0.25) is 0 Å². The number of nitrogens with one attached hydrogen (secondary N) is 2. The highest BCUT2D eigenvalue weighted by Gasteiger charge is 2.16. The second-order valence-electron chi connectivity index (χ2n) is 11.1. The Morgan fingerprint density at radius 2 is 1.00 bits per heavy atom. The lowest BCUT2D eigenvalue weighted by Gasteiger charge is -2.06. The van der Waals surface area contributed by atoms with Gasteiger partial charge in [0.05, 0.1) is 11.4 Å². The van der Waals surface area contributed by atoms with Crippen molar-refractivity contribution in [1.29, 1.82) is 0 Å². The molecule has 2 aliphatic rings. The lowest BCUT2D eigenvalue weighted by molar-refractivity contribution is 0.637. The third-order valence-corrected chi connectivity index (χ3v) is 8.50. The van der Waals surface area contributed by atoms with E-state index in [1.165, 1.54) is 93.0 Å². The van der Waals surface area contributed by atoms with Crippen LogP contribution in [-0.4, -0.2) is 22.4 Å². The number of hydrogen-bond acceptors (Lipinski definition) is 2. The molecule has 0 bridgehead atoms. The van der Waals surface area contributed by atoms with Gasteiger partial charge in [0.15, 0.2) is 0 Å². The fraction of sp³-hybridized carbons (Fsp3) is 0.471. The molecule has 2 aliphatic heterocycles. The summed E-state index contributed by atoms with van der Waals surface area (Å²) in [5.41, 5.74) is 18.3. The van der Waals surface area contributed by atoms with Crippen LogP contribution in [-0.2, 0) is 12.8 Å². The molecule has 0 fully saturated rings. The predicted molar refractivity (Wildman–Crippen MR) is 165 cm³/mol. The number of unbranched alkanes of at least 4 members (excludes halogenated alkanes) is 3. The molecule has 0 aliphatic carbocycles. The molecule has 0 saturated carbocycles. The molecule has 202 valence electrons. The number of aryl methyl sites for hydroxylation is 2. The smallest absolute Gasteiger partial charge is 0.0685 e. The van der Waals surface area contributed by atoms with Gasteiger partial charge in [-0.15, -0.1) is 0 Å². The summed E-state index contributed by atoms with van der Waals surface area (Å²) in [7, 11) is 0. The van der Waals surface area contributed by atoms with Gasteiger partial charge >= 0.3 is 0 Å². The van der Waals surface area contributed by atoms with Gasteiger partial charge in [-0.2, -0.15) is 0 Å². The number of aromatic nitrogens is 2. The minimum atomic E-state index is 1.02. The minimum absolute atomic E-state index is 1.02. The number of rotatable bonds is 11. The van der Waals surface area contributed by atoms with Crippen LogP contribution in [0.3, 0.4) is 0 Å². The van der Waals surface area contributed by atoms with Crippen molar-refractivity contribution in [2.24, 2.45) is 9.98 Å². The molecular formula is C34H46N4. The van der Waals surface area contributed by atoms with E-state index in [1.807, 2.05) is 12.4 Å². The van der Waals surface area contributed by atoms with Crippen LogP contribution in [0.1, 0.15) is 111 Å². The fourth-order valence-corrected chi connectivity index (χ4v) is 6.12. The second-order valence-corrected chi connectivity index (χ2v) is 11.1. The summed E-state index contributed by atoms with van der Waals surface area (Å²) in [5.74, 6) is 0. The topological polar surface area (TPSA) is 56.3 Å². The van der Waals surface area contributed by atoms with Crippen LogP contribution in [0.25, 0.3) is 12.2 Å². The average molecular weight is 511 g/mol. The monoisotopic (exact) mass is 510 g/mol. The third-order valence-electron chi connectivity index (χ3n) is 8.50. The minimum Gasteiger partial charge on any atom is -0.359 e. The van der Waals surface area contributed by atoms with Gasteiger partial charge in [-0.05, 0) is 137 Å². The van der Waals surface area contributed by atoms with E-state index in [-0.39, 0.29) is 0 Å². The van der Waals surface area contributed by atoms with Gasteiger partial charge in [0.2, 0.25) is 0 Å². The van der Waals surface area contributed by atoms with Crippen LogP contribution >= 0.6 is 0 Å². The van der Waals surface area contributed by atoms with Crippen molar-refractivity contribution in [3.63, 3.8) is 0 Å². The molecular weight excluding hydrogens is 464 g/mol. The van der Waals surface area contributed by atoms with Crippen molar-refractivity contribution in [3.05, 3.63) is 78.7 Å². The predicted octanol–water partition coefficient (Wildman–Crippen LogP) is 9.23. The Morgan fingerprint density at radius 3 is 1.37 bits per heavy atom. The highest BCUT2D eigenvalue weighted by molar-refractivity contribution is 5.88. The lowest BCUT2D eigenvalue weighted by Crippen LogP contribution is -1.92. The molecule has 0 amide bonds. The maximum Gasteiger partial charge on any atom is 0.0685 e. The van der Waals surface area contributed by atoms with Gasteiger partial charge in [-0.3, -0.25) is 9.98 Å². The zero-order chi connectivity index (χ0) is 27.4. The molecule has 0 atom stereocenters. The standard InChI is InChI=1S/C34H46N4/c1-9-27-21(3)19-35-33(27)17-31-23(5)29(25(7)37-31)15-13-11-12-14-16-30-24(6)32(38-26(30)8)18-34-28(10-2)22(4)20-36-34/h17-20,37-38H,9-16H2,1-8H3. The van der Waals surface area contributed by atoms with Gasteiger partial charge in [0, 0.05) is 35.2 Å². The Morgan fingerprint density at radius 1 is 0.605 bits per heavy atom. The number of allylic oxidation sites excluding steroid dienone is 4. The molecule has 4 heteroatoms. The van der Waals surface area contributed by atoms with E-state index < -0.39 is 0 Å². The van der Waals surface area contributed by atoms with Gasteiger partial charge in [0.25, 0.3) is 0 Å². The normalized spacial score (nSPS) is 17.5. The molecule has 2 N–H and O–H groups in total. The molecule has 38 heavy (non-hydrogen) atoms. The second kappa shape index (κ2) is 12.1. The SMILES string of the molecule is CCC1=C(C)C=NC1=Cc1[nH]c(C)c(CCCCCCc2c(C)[nH]c(C=C3N=CC(C)=C3CC)c2C)c1C. The summed E-state index contributed by atoms with van der Waals surface area (Å²) in [6.45, 7) is 17.7. The first-order chi connectivity index (χ1) is 18.2. The van der Waals surface area contributed by atoms with Crippen LogP contribution in [0.4, 0.5) is 0 Å². The fourth-order valence-electron chi connectivity index (χ4n) is 6.12. The summed E-state index contributed by atoms with van der Waals surface area (Å²) in [4.78, 5) is 16.5. The van der Waals surface area contributed by atoms with Crippen molar-refractivity contribution in [1.82, 2.24) is 9.97 Å². The number of aromatic amines is 2. The molecule has 4 heterocycles. The van der Waals surface area contributed by atoms with E-state index in [4.69, 9.17) is 0 Å². The van der Waals surface area contributed by atoms with Gasteiger partial charge in [-0.25, -0.2) is 0 Å². The zero-order valence-electron chi connectivity index (χ0n) is 24.9. The molecule has 4 nitrogen and oxygen atoms in total. The Bertz CT molecular complexity index is 1270. The maximum atomic E-state index is 4.64. The Labute approximate surface area is 229 Å². The molecule has 2 aromatic heterocycles. The van der Waals surface area contributed by atoms with E-state index >= 15 is 0 Å². The first-order valence-corrected chi connectivity index (χ1v) is 14.5. The van der Waals surface area contributed by atoms with Crippen LogP contribution in [0.15, 0.2) is 43.7 Å². The quantitative estimate of drug-likeness (QED) is 0.283. The highest BCUT2D eigenvalue weighted by Crippen LogP contribution is 2.30. The summed E-state index contributed by atoms with van der Waals surface area (Å²) < 4.78 is 0. The summed E-state index contributed by atoms with van der Waals surface area (Å²) in [6.07, 6.45) is 17.8. The maximum absolute atomic E-state index is 4.64. The summed E-state index contributed by atoms with van der Waals surface area (Å²) in [6, 6.07) is 0. The summed E-state index contributed by atoms with van der Waals surface area (Å²) in [5, 5.41) is 0. The van der Waals surface area contributed by atoms with E-state index in [9.17, 15) is 0 Å². The van der Waals surface area contributed by atoms with E-state index in [0.29, 0.717) is 0 Å². The number of aliphatic imine (C=N–C) groups is 2. The average Bonchev–Trinajstić information content (AvgIpc) is 3.58. The van der Waals surface area contributed by atoms with Crippen LogP contribution in [0.5, 0.6) is 0 Å². The van der Waals surface area contributed by atoms with E-state index in [1.54, 1.807) is 0 Å². The largest absolute Gasteiger partial charge is 0.359 e. The van der Waals surface area contributed by atoms with Crippen LogP contribution < -0.4 is 0 Å². The molecule has 0 unspecified atom stereocenters. The summed E-state index contributed by atoms with van der Waals surface area (Å²) >= 11 is 0. The van der Waals surface area contributed by atoms with Crippen molar-refractivity contribution in [2.45, 2.75) is 107 Å². The van der Waals surface area contributed by atoms with Crippen LogP contribution in [0, 0.1) is 27.7 Å². The van der Waals surface area contributed by atoms with E-state index in [0.717, 1.165) is 37.1 Å². The van der Waals surface area contributed by atoms with Crippen molar-refractivity contribution in [2.75, 3.05) is 0 Å². The molecule has 0 aromatic carbocycles. The molecule has 4 rings (SSSR count). The van der Waals surface area contributed by atoms with Gasteiger partial charge < -0.3 is 9.97 Å². The Kier molecular flexibility index (Phi) is 8.91. The number of nitrogens with zero attached hydrogens (tertiary/aromatic N) is 2. The number of hydrogen-bond donors (Lipinski definition) is 2. The Balaban J connectivity index is 1.29. The Hall–Kier alpha value is -3.14. The zero-order valence-corrected chi connectivity index (χ0v) is 24.9. The van der Waals surface area contributed by atoms with Crippen molar-refractivity contribution < 1.29 is 0 Å². The van der Waals surface area contributed by atoms with Gasteiger partial charge in [0.1, 0.15) is 0 Å². The third kappa shape index (κ3) is 5.80. The lowest BCUT2D eigenvalue weighted by atomic mass is 9.99. The van der Waals surface area contributed by atoms with E-state index in [2.05, 4.69) is 87.5 Å². The first kappa shape index (κ1) is 27.9. The number of H-pyrrole nitrogens is 2. The van der Waals surface area contributed by atoms with Crippen molar-refractivity contribution >= 4 is 24.6 Å². The first-order valence-electron chi connectivity index (χ1n) is 14.5. The molecule has 0 saturated heterocycles. The highest BCUT2D eigenvalue weighted by atomic mass is 14.8. The van der Waals surface area contributed by atoms with Crippen molar-refractivity contribution in [3.8, 4) is 0 Å².